The van der Waals surface area contributed by atoms with E-state index in [1.807, 2.05) is 31.2 Å². The first kappa shape index (κ1) is 12.3. The SMILES string of the molecule is Cc1ncnc2c1C(=O)C[C@H](c1ccccc1Cl)C2. The molecule has 3 nitrogen and oxygen atoms in total. The molecule has 19 heavy (non-hydrogen) atoms. The molecule has 0 amide bonds. The van der Waals surface area contributed by atoms with Crippen molar-refractivity contribution < 1.29 is 4.79 Å². The van der Waals surface area contributed by atoms with E-state index < -0.39 is 0 Å². The fraction of sp³-hybridized carbons (Fsp3) is 0.267. The third-order valence-electron chi connectivity index (χ3n) is 3.61. The second-order valence-electron chi connectivity index (χ2n) is 4.83. The Morgan fingerprint density at radius 1 is 1.21 bits per heavy atom. The number of carbonyl (C=O) groups is 1. The van der Waals surface area contributed by atoms with E-state index in [2.05, 4.69) is 9.97 Å². The smallest absolute Gasteiger partial charge is 0.167 e. The summed E-state index contributed by atoms with van der Waals surface area (Å²) in [5, 5.41) is 0.717. The first-order valence-electron chi connectivity index (χ1n) is 6.25. The molecule has 1 aliphatic carbocycles. The summed E-state index contributed by atoms with van der Waals surface area (Å²) in [5.41, 5.74) is 3.34. The average Bonchev–Trinajstić information content (AvgIpc) is 2.39. The van der Waals surface area contributed by atoms with Gasteiger partial charge < -0.3 is 0 Å². The molecule has 0 saturated carbocycles. The molecule has 2 aromatic rings. The average molecular weight is 273 g/mol. The third kappa shape index (κ3) is 2.15. The molecule has 3 rings (SSSR count). The summed E-state index contributed by atoms with van der Waals surface area (Å²) in [6.45, 7) is 1.86. The Kier molecular flexibility index (Phi) is 3.07. The Hall–Kier alpha value is -1.74. The third-order valence-corrected chi connectivity index (χ3v) is 3.95. The molecule has 0 unspecified atom stereocenters. The fourth-order valence-corrected chi connectivity index (χ4v) is 2.99. The molecule has 1 atom stereocenters. The lowest BCUT2D eigenvalue weighted by Gasteiger charge is -2.24. The summed E-state index contributed by atoms with van der Waals surface area (Å²) in [4.78, 5) is 20.6. The van der Waals surface area contributed by atoms with Gasteiger partial charge in [-0.15, -0.1) is 0 Å². The highest BCUT2D eigenvalue weighted by Gasteiger charge is 2.29. The number of aromatic nitrogens is 2. The number of Topliss-reactive ketones (excluding diaryl/α,β-unsaturated/α-hetero) is 1. The van der Waals surface area contributed by atoms with Gasteiger partial charge in [-0.05, 0) is 30.9 Å². The highest BCUT2D eigenvalue weighted by Crippen LogP contribution is 2.35. The molecule has 0 spiro atoms. The molecular weight excluding hydrogens is 260 g/mol. The maximum atomic E-state index is 12.3. The van der Waals surface area contributed by atoms with Gasteiger partial charge in [0, 0.05) is 11.4 Å². The van der Waals surface area contributed by atoms with E-state index in [-0.39, 0.29) is 11.7 Å². The molecule has 4 heteroatoms. The zero-order valence-electron chi connectivity index (χ0n) is 10.6. The topological polar surface area (TPSA) is 42.9 Å². The number of nitrogens with zero attached hydrogens (tertiary/aromatic N) is 2. The minimum absolute atomic E-state index is 0.114. The summed E-state index contributed by atoms with van der Waals surface area (Å²) >= 11 is 6.22. The summed E-state index contributed by atoms with van der Waals surface area (Å²) in [7, 11) is 0. The second kappa shape index (κ2) is 4.74. The van der Waals surface area contributed by atoms with E-state index in [0.717, 1.165) is 28.4 Å². The molecule has 0 N–H and O–H groups in total. The number of hydrogen-bond donors (Lipinski definition) is 0. The van der Waals surface area contributed by atoms with E-state index in [0.29, 0.717) is 12.0 Å². The van der Waals surface area contributed by atoms with Crippen molar-refractivity contribution >= 4 is 17.4 Å². The maximum absolute atomic E-state index is 12.3. The standard InChI is InChI=1S/C15H13ClN2O/c1-9-15-13(18-8-17-9)6-10(7-14(15)19)11-4-2-3-5-12(11)16/h2-5,8,10H,6-7H2,1H3/t10-/m1/s1. The molecule has 0 bridgehead atoms. The number of aryl methyl sites for hydroxylation is 1. The lowest BCUT2D eigenvalue weighted by Crippen LogP contribution is -2.22. The van der Waals surface area contributed by atoms with E-state index in [4.69, 9.17) is 11.6 Å². The van der Waals surface area contributed by atoms with Crippen LogP contribution in [0, 0.1) is 6.92 Å². The van der Waals surface area contributed by atoms with Crippen molar-refractivity contribution in [1.82, 2.24) is 9.97 Å². The normalized spacial score (nSPS) is 18.2. The first-order valence-corrected chi connectivity index (χ1v) is 6.62. The second-order valence-corrected chi connectivity index (χ2v) is 5.24. The van der Waals surface area contributed by atoms with Crippen molar-refractivity contribution in [3.63, 3.8) is 0 Å². The highest BCUT2D eigenvalue weighted by atomic mass is 35.5. The van der Waals surface area contributed by atoms with E-state index in [9.17, 15) is 4.79 Å². The van der Waals surface area contributed by atoms with Crippen LogP contribution in [0.1, 0.15) is 39.6 Å². The van der Waals surface area contributed by atoms with Gasteiger partial charge in [-0.25, -0.2) is 9.97 Å². The largest absolute Gasteiger partial charge is 0.294 e. The number of benzene rings is 1. The van der Waals surface area contributed by atoms with Crippen molar-refractivity contribution in [2.45, 2.75) is 25.7 Å². The van der Waals surface area contributed by atoms with Gasteiger partial charge in [0.15, 0.2) is 5.78 Å². The monoisotopic (exact) mass is 272 g/mol. The quantitative estimate of drug-likeness (QED) is 0.799. The van der Waals surface area contributed by atoms with Crippen molar-refractivity contribution in [2.24, 2.45) is 0 Å². The Bertz CT molecular complexity index is 654. The molecule has 0 radical (unpaired) electrons. The molecule has 1 aromatic carbocycles. The van der Waals surface area contributed by atoms with Crippen LogP contribution < -0.4 is 0 Å². The van der Waals surface area contributed by atoms with Crippen LogP contribution in [0.5, 0.6) is 0 Å². The van der Waals surface area contributed by atoms with E-state index in [1.54, 1.807) is 0 Å². The number of rotatable bonds is 1. The van der Waals surface area contributed by atoms with Gasteiger partial charge in [0.1, 0.15) is 6.33 Å². The number of fused-ring (bicyclic) bond motifs is 1. The molecule has 1 aliphatic rings. The number of halogens is 1. The summed E-state index contributed by atoms with van der Waals surface area (Å²) in [6.07, 6.45) is 2.75. The summed E-state index contributed by atoms with van der Waals surface area (Å²) in [6, 6.07) is 7.70. The number of hydrogen-bond acceptors (Lipinski definition) is 3. The molecule has 0 fully saturated rings. The molecule has 0 aliphatic heterocycles. The van der Waals surface area contributed by atoms with Crippen LogP contribution in [0.4, 0.5) is 0 Å². The summed E-state index contributed by atoms with van der Waals surface area (Å²) in [5.74, 6) is 0.229. The Balaban J connectivity index is 2.03. The van der Waals surface area contributed by atoms with Gasteiger partial charge >= 0.3 is 0 Å². The predicted molar refractivity (Wildman–Crippen MR) is 73.6 cm³/mol. The maximum Gasteiger partial charge on any atom is 0.167 e. The van der Waals surface area contributed by atoms with E-state index >= 15 is 0 Å². The van der Waals surface area contributed by atoms with Crippen LogP contribution in [0.2, 0.25) is 5.02 Å². The Morgan fingerprint density at radius 2 is 2.00 bits per heavy atom. The molecule has 0 saturated heterocycles. The Morgan fingerprint density at radius 3 is 2.79 bits per heavy atom. The van der Waals surface area contributed by atoms with Crippen molar-refractivity contribution in [3.8, 4) is 0 Å². The minimum Gasteiger partial charge on any atom is -0.294 e. The van der Waals surface area contributed by atoms with Gasteiger partial charge in [0.05, 0.1) is 17.0 Å². The van der Waals surface area contributed by atoms with Gasteiger partial charge in [-0.2, -0.15) is 0 Å². The van der Waals surface area contributed by atoms with Crippen LogP contribution in [0.25, 0.3) is 0 Å². The summed E-state index contributed by atoms with van der Waals surface area (Å²) < 4.78 is 0. The molecular formula is C15H13ClN2O. The van der Waals surface area contributed by atoms with Crippen LogP contribution in [0.3, 0.4) is 0 Å². The van der Waals surface area contributed by atoms with E-state index in [1.165, 1.54) is 6.33 Å². The lowest BCUT2D eigenvalue weighted by atomic mass is 9.81. The van der Waals surface area contributed by atoms with Crippen LogP contribution >= 0.6 is 11.6 Å². The van der Waals surface area contributed by atoms with Crippen molar-refractivity contribution in [1.29, 1.82) is 0 Å². The first-order chi connectivity index (χ1) is 9.16. The van der Waals surface area contributed by atoms with Crippen molar-refractivity contribution in [2.75, 3.05) is 0 Å². The van der Waals surface area contributed by atoms with Gasteiger partial charge in [-0.3, -0.25) is 4.79 Å². The molecule has 1 aromatic heterocycles. The zero-order chi connectivity index (χ0) is 13.4. The van der Waals surface area contributed by atoms with Crippen molar-refractivity contribution in [3.05, 3.63) is 58.1 Å². The predicted octanol–water partition coefficient (Wildman–Crippen LogP) is 3.35. The molecule has 1 heterocycles. The van der Waals surface area contributed by atoms with Gasteiger partial charge in [-0.1, -0.05) is 29.8 Å². The van der Waals surface area contributed by atoms with Crippen LogP contribution in [-0.2, 0) is 6.42 Å². The minimum atomic E-state index is 0.114. The number of ketones is 1. The molecule has 96 valence electrons. The fourth-order valence-electron chi connectivity index (χ4n) is 2.70. The lowest BCUT2D eigenvalue weighted by molar-refractivity contribution is 0.0962. The Labute approximate surface area is 116 Å². The van der Waals surface area contributed by atoms with Crippen LogP contribution in [-0.4, -0.2) is 15.8 Å². The van der Waals surface area contributed by atoms with Gasteiger partial charge in [0.2, 0.25) is 0 Å². The number of carbonyl (C=O) groups excluding carboxylic acids is 1. The van der Waals surface area contributed by atoms with Gasteiger partial charge in [0.25, 0.3) is 0 Å². The van der Waals surface area contributed by atoms with Crippen LogP contribution in [0.15, 0.2) is 30.6 Å². The highest BCUT2D eigenvalue weighted by molar-refractivity contribution is 6.31. The zero-order valence-corrected chi connectivity index (χ0v) is 11.3.